The third-order valence-corrected chi connectivity index (χ3v) is 5.43. The molecule has 0 fully saturated rings. The number of halogens is 2. The quantitative estimate of drug-likeness (QED) is 0.625. The maximum absolute atomic E-state index is 12.4. The van der Waals surface area contributed by atoms with Gasteiger partial charge >= 0.3 is 12.6 Å². The molecule has 0 spiro atoms. The number of esters is 1. The Kier molecular flexibility index (Phi) is 7.38. The van der Waals surface area contributed by atoms with Gasteiger partial charge in [-0.15, -0.1) is 0 Å². The highest BCUT2D eigenvalue weighted by Crippen LogP contribution is 2.29. The molecular formula is C20H23F2NO6S. The predicted octanol–water partition coefficient (Wildman–Crippen LogP) is 3.73. The van der Waals surface area contributed by atoms with Gasteiger partial charge in [-0.05, 0) is 62.7 Å². The van der Waals surface area contributed by atoms with Crippen LogP contribution in [0.15, 0.2) is 47.4 Å². The lowest BCUT2D eigenvalue weighted by molar-refractivity contribution is -0.0512. The van der Waals surface area contributed by atoms with E-state index in [2.05, 4.69) is 9.46 Å². The molecule has 0 unspecified atom stereocenters. The van der Waals surface area contributed by atoms with E-state index in [4.69, 9.17) is 9.47 Å². The Morgan fingerprint density at radius 2 is 1.70 bits per heavy atom. The maximum Gasteiger partial charge on any atom is 0.387 e. The molecule has 0 aliphatic rings. The zero-order chi connectivity index (χ0) is 22.5. The largest absolute Gasteiger partial charge is 0.493 e. The van der Waals surface area contributed by atoms with Gasteiger partial charge < -0.3 is 14.2 Å². The number of carbonyl (C=O) groups excluding carboxylic acids is 1. The Labute approximate surface area is 174 Å². The predicted molar refractivity (Wildman–Crippen MR) is 105 cm³/mol. The van der Waals surface area contributed by atoms with Crippen LogP contribution in [0.4, 0.5) is 8.78 Å². The number of nitrogens with one attached hydrogen (secondary N) is 1. The molecular weight excluding hydrogens is 420 g/mol. The number of hydrogen-bond donors (Lipinski definition) is 1. The van der Waals surface area contributed by atoms with Crippen molar-refractivity contribution in [1.82, 2.24) is 4.72 Å². The van der Waals surface area contributed by atoms with E-state index in [1.165, 1.54) is 49.6 Å². The van der Waals surface area contributed by atoms with Gasteiger partial charge in [0.25, 0.3) is 0 Å². The highest BCUT2D eigenvalue weighted by Gasteiger charge is 2.22. The van der Waals surface area contributed by atoms with Gasteiger partial charge in [-0.3, -0.25) is 0 Å². The van der Waals surface area contributed by atoms with Crippen molar-refractivity contribution < 1.29 is 36.2 Å². The summed E-state index contributed by atoms with van der Waals surface area (Å²) in [6.45, 7) is 2.02. The number of ether oxygens (including phenoxy) is 3. The number of sulfonamides is 1. The van der Waals surface area contributed by atoms with Gasteiger partial charge in [-0.2, -0.15) is 8.78 Å². The molecule has 1 N–H and O–H groups in total. The van der Waals surface area contributed by atoms with Crippen LogP contribution in [0.5, 0.6) is 11.5 Å². The zero-order valence-corrected chi connectivity index (χ0v) is 17.8. The summed E-state index contributed by atoms with van der Waals surface area (Å²) in [6, 6.07) is 9.48. The first-order valence-corrected chi connectivity index (χ1v) is 10.3. The van der Waals surface area contributed by atoms with E-state index in [-0.39, 0.29) is 28.6 Å². The first kappa shape index (κ1) is 23.6. The summed E-state index contributed by atoms with van der Waals surface area (Å²) in [7, 11) is -2.42. The average Bonchev–Trinajstić information content (AvgIpc) is 2.64. The zero-order valence-electron chi connectivity index (χ0n) is 16.9. The van der Waals surface area contributed by atoms with Crippen molar-refractivity contribution >= 4 is 16.0 Å². The molecule has 0 aliphatic heterocycles. The van der Waals surface area contributed by atoms with Crippen LogP contribution in [-0.4, -0.2) is 33.6 Å². The third-order valence-electron chi connectivity index (χ3n) is 3.65. The fraction of sp³-hybridized carbons (Fsp3) is 0.350. The normalized spacial score (nSPS) is 12.0. The number of rotatable bonds is 8. The molecule has 2 aromatic carbocycles. The second-order valence-corrected chi connectivity index (χ2v) is 9.00. The molecule has 2 aromatic rings. The maximum atomic E-state index is 12.4. The number of benzene rings is 2. The first-order chi connectivity index (χ1) is 13.9. The van der Waals surface area contributed by atoms with Crippen LogP contribution in [0.2, 0.25) is 0 Å². The fourth-order valence-electron chi connectivity index (χ4n) is 2.46. The Balaban J connectivity index is 2.05. The van der Waals surface area contributed by atoms with Gasteiger partial charge in [0.2, 0.25) is 10.0 Å². The smallest absolute Gasteiger partial charge is 0.387 e. The summed E-state index contributed by atoms with van der Waals surface area (Å²) in [5.74, 6) is -0.734. The van der Waals surface area contributed by atoms with E-state index in [1.54, 1.807) is 20.8 Å². The Morgan fingerprint density at radius 1 is 1.07 bits per heavy atom. The number of hydrogen-bond acceptors (Lipinski definition) is 6. The molecule has 7 nitrogen and oxygen atoms in total. The molecule has 0 bridgehead atoms. The Bertz CT molecular complexity index is 985. The summed E-state index contributed by atoms with van der Waals surface area (Å²) in [6.07, 6.45) is 0. The summed E-state index contributed by atoms with van der Waals surface area (Å²) in [4.78, 5) is 12.3. The summed E-state index contributed by atoms with van der Waals surface area (Å²) < 4.78 is 66.4. The van der Waals surface area contributed by atoms with Gasteiger partial charge in [-0.1, -0.05) is 6.07 Å². The Morgan fingerprint density at radius 3 is 2.23 bits per heavy atom. The molecule has 0 amide bonds. The molecule has 0 heterocycles. The first-order valence-electron chi connectivity index (χ1n) is 8.84. The lowest BCUT2D eigenvalue weighted by Crippen LogP contribution is -2.40. The van der Waals surface area contributed by atoms with Crippen LogP contribution < -0.4 is 14.2 Å². The minimum atomic E-state index is -3.72. The average molecular weight is 443 g/mol. The van der Waals surface area contributed by atoms with Crippen molar-refractivity contribution in [3.8, 4) is 11.5 Å². The van der Waals surface area contributed by atoms with Crippen molar-refractivity contribution in [1.29, 1.82) is 0 Å². The van der Waals surface area contributed by atoms with Crippen molar-refractivity contribution in [2.75, 3.05) is 7.11 Å². The van der Waals surface area contributed by atoms with Crippen LogP contribution in [0, 0.1) is 0 Å². The van der Waals surface area contributed by atoms with Crippen molar-refractivity contribution in [2.24, 2.45) is 0 Å². The van der Waals surface area contributed by atoms with E-state index in [9.17, 15) is 22.0 Å². The van der Waals surface area contributed by atoms with Gasteiger partial charge in [0, 0.05) is 5.54 Å². The summed E-state index contributed by atoms with van der Waals surface area (Å²) >= 11 is 0. The highest BCUT2D eigenvalue weighted by molar-refractivity contribution is 7.89. The van der Waals surface area contributed by atoms with Gasteiger partial charge in [0.05, 0.1) is 17.6 Å². The second kappa shape index (κ2) is 9.40. The molecule has 0 saturated carbocycles. The van der Waals surface area contributed by atoms with Crippen molar-refractivity contribution in [3.63, 3.8) is 0 Å². The minimum Gasteiger partial charge on any atom is -0.493 e. The van der Waals surface area contributed by atoms with E-state index >= 15 is 0 Å². The highest BCUT2D eigenvalue weighted by atomic mass is 32.2. The summed E-state index contributed by atoms with van der Waals surface area (Å²) in [5.41, 5.74) is 0.0117. The van der Waals surface area contributed by atoms with Crippen LogP contribution in [-0.2, 0) is 21.4 Å². The number of alkyl halides is 2. The number of carbonyl (C=O) groups is 1. The van der Waals surface area contributed by atoms with Gasteiger partial charge in [0.15, 0.2) is 11.5 Å². The fourth-order valence-corrected chi connectivity index (χ4v) is 3.88. The molecule has 10 heteroatoms. The number of methoxy groups -OCH3 is 1. The molecule has 0 aliphatic carbocycles. The standard InChI is InChI=1S/C20H23F2NO6S/c1-20(2,3)23-30(25,26)15-8-6-14(7-9-15)18(24)28-12-13-5-10-16(29-19(21)22)17(11-13)27-4/h5-11,19,23H,12H2,1-4H3. The molecule has 2 rings (SSSR count). The van der Waals surface area contributed by atoms with E-state index in [1.807, 2.05) is 0 Å². The van der Waals surface area contributed by atoms with Crippen LogP contribution in [0.25, 0.3) is 0 Å². The van der Waals surface area contributed by atoms with Gasteiger partial charge in [-0.25, -0.2) is 17.9 Å². The minimum absolute atomic E-state index is 0.0216. The van der Waals surface area contributed by atoms with Crippen molar-refractivity contribution in [3.05, 3.63) is 53.6 Å². The van der Waals surface area contributed by atoms with E-state index in [0.717, 1.165) is 0 Å². The molecule has 30 heavy (non-hydrogen) atoms. The lowest BCUT2D eigenvalue weighted by atomic mass is 10.1. The lowest BCUT2D eigenvalue weighted by Gasteiger charge is -2.20. The third kappa shape index (κ3) is 6.67. The molecule has 164 valence electrons. The summed E-state index contributed by atoms with van der Waals surface area (Å²) in [5, 5.41) is 0. The Hall–Kier alpha value is -2.72. The van der Waals surface area contributed by atoms with Crippen LogP contribution in [0.3, 0.4) is 0 Å². The van der Waals surface area contributed by atoms with Crippen LogP contribution >= 0.6 is 0 Å². The molecule has 0 aromatic heterocycles. The molecule has 0 radical (unpaired) electrons. The SMILES string of the molecule is COc1cc(COC(=O)c2ccc(S(=O)(=O)NC(C)(C)C)cc2)ccc1OC(F)F. The molecule has 0 saturated heterocycles. The van der Waals surface area contributed by atoms with Crippen molar-refractivity contribution in [2.45, 2.75) is 44.4 Å². The van der Waals surface area contributed by atoms with E-state index < -0.39 is 28.1 Å². The topological polar surface area (TPSA) is 90.9 Å². The monoisotopic (exact) mass is 443 g/mol. The van der Waals surface area contributed by atoms with E-state index in [0.29, 0.717) is 5.56 Å². The van der Waals surface area contributed by atoms with Gasteiger partial charge in [0.1, 0.15) is 6.61 Å². The second-order valence-electron chi connectivity index (χ2n) is 7.32. The van der Waals surface area contributed by atoms with Crippen LogP contribution in [0.1, 0.15) is 36.7 Å². The molecule has 0 atom stereocenters.